The van der Waals surface area contributed by atoms with Crippen molar-refractivity contribution >= 4 is 23.7 Å². The SMILES string of the molecule is C/C(Cc1cccc(OCCC(NC(=O)OCc2ccccc2)C(=O)O)c1)=N/NC1=NCCN1. The Bertz CT molecular complexity index is 1030. The Labute approximate surface area is 198 Å². The molecule has 0 spiro atoms. The molecule has 180 valence electrons. The minimum Gasteiger partial charge on any atom is -0.493 e. The molecule has 1 amide bonds. The lowest BCUT2D eigenvalue weighted by Crippen LogP contribution is -2.42. The van der Waals surface area contributed by atoms with Crippen molar-refractivity contribution in [3.63, 3.8) is 0 Å². The molecule has 2 aromatic carbocycles. The zero-order chi connectivity index (χ0) is 24.2. The molecule has 0 radical (unpaired) electrons. The van der Waals surface area contributed by atoms with Gasteiger partial charge in [0, 0.05) is 25.1 Å². The zero-order valence-corrected chi connectivity index (χ0v) is 19.0. The van der Waals surface area contributed by atoms with Gasteiger partial charge in [-0.3, -0.25) is 0 Å². The highest BCUT2D eigenvalue weighted by atomic mass is 16.5. The van der Waals surface area contributed by atoms with E-state index in [1.807, 2.05) is 55.5 Å². The van der Waals surface area contributed by atoms with Crippen LogP contribution in [0.5, 0.6) is 5.75 Å². The molecule has 0 bridgehead atoms. The molecule has 10 nitrogen and oxygen atoms in total. The van der Waals surface area contributed by atoms with Crippen molar-refractivity contribution in [3.05, 3.63) is 65.7 Å². The molecule has 4 N–H and O–H groups in total. The number of nitrogens with one attached hydrogen (secondary N) is 3. The summed E-state index contributed by atoms with van der Waals surface area (Å²) in [7, 11) is 0. The average molecular weight is 468 g/mol. The van der Waals surface area contributed by atoms with Crippen molar-refractivity contribution < 1.29 is 24.2 Å². The van der Waals surface area contributed by atoms with Crippen LogP contribution in [0.25, 0.3) is 0 Å². The smallest absolute Gasteiger partial charge is 0.408 e. The Morgan fingerprint density at radius 1 is 1.18 bits per heavy atom. The maximum atomic E-state index is 12.0. The summed E-state index contributed by atoms with van der Waals surface area (Å²) in [6, 6.07) is 15.5. The maximum Gasteiger partial charge on any atom is 0.408 e. The third-order valence-electron chi connectivity index (χ3n) is 4.86. The Balaban J connectivity index is 1.43. The first kappa shape index (κ1) is 24.6. The lowest BCUT2D eigenvalue weighted by atomic mass is 10.1. The van der Waals surface area contributed by atoms with Gasteiger partial charge in [0.2, 0.25) is 5.96 Å². The Hall–Kier alpha value is -4.08. The molecule has 1 aliphatic rings. The number of rotatable bonds is 11. The Morgan fingerprint density at radius 3 is 2.71 bits per heavy atom. The zero-order valence-electron chi connectivity index (χ0n) is 19.0. The normalized spacial score (nSPS) is 13.9. The van der Waals surface area contributed by atoms with Crippen molar-refractivity contribution in [3.8, 4) is 5.75 Å². The van der Waals surface area contributed by atoms with E-state index in [9.17, 15) is 14.7 Å². The molecule has 34 heavy (non-hydrogen) atoms. The fourth-order valence-electron chi connectivity index (χ4n) is 3.16. The van der Waals surface area contributed by atoms with Gasteiger partial charge in [-0.1, -0.05) is 42.5 Å². The highest BCUT2D eigenvalue weighted by Crippen LogP contribution is 2.15. The number of carboxylic acids is 1. The predicted molar refractivity (Wildman–Crippen MR) is 128 cm³/mol. The van der Waals surface area contributed by atoms with Gasteiger partial charge in [-0.25, -0.2) is 20.0 Å². The number of carbonyl (C=O) groups excluding carboxylic acids is 1. The standard InChI is InChI=1S/C24H29N5O5/c1-17(28-29-23-25-11-12-26-23)14-19-8-5-9-20(15-19)33-13-10-21(22(30)31)27-24(32)34-16-18-6-3-2-4-7-18/h2-9,15,21H,10-14,16H2,1H3,(H,27,32)(H,30,31)(H2,25,26,29)/b28-17-. The molecule has 0 fully saturated rings. The van der Waals surface area contributed by atoms with Crippen LogP contribution in [0.4, 0.5) is 4.79 Å². The molecule has 0 saturated heterocycles. The number of hydrogen-bond donors (Lipinski definition) is 4. The van der Waals surface area contributed by atoms with E-state index in [2.05, 4.69) is 26.2 Å². The van der Waals surface area contributed by atoms with Crippen molar-refractivity contribution in [1.29, 1.82) is 0 Å². The van der Waals surface area contributed by atoms with Gasteiger partial charge < -0.3 is 25.2 Å². The number of ether oxygens (including phenoxy) is 2. The first-order chi connectivity index (χ1) is 16.5. The van der Waals surface area contributed by atoms with E-state index in [0.717, 1.165) is 29.9 Å². The van der Waals surface area contributed by atoms with Gasteiger partial charge in [0.15, 0.2) is 0 Å². The average Bonchev–Trinajstić information content (AvgIpc) is 3.35. The van der Waals surface area contributed by atoms with Crippen LogP contribution in [0, 0.1) is 0 Å². The molecule has 1 unspecified atom stereocenters. The summed E-state index contributed by atoms with van der Waals surface area (Å²) in [5.41, 5.74) is 5.59. The fraction of sp³-hybridized carbons (Fsp3) is 0.333. The van der Waals surface area contributed by atoms with Crippen molar-refractivity contribution in [1.82, 2.24) is 16.1 Å². The number of nitrogens with zero attached hydrogens (tertiary/aromatic N) is 2. The van der Waals surface area contributed by atoms with Crippen LogP contribution in [-0.2, 0) is 22.6 Å². The molecule has 3 rings (SSSR count). The first-order valence-corrected chi connectivity index (χ1v) is 11.0. The largest absolute Gasteiger partial charge is 0.493 e. The number of aliphatic carboxylic acids is 1. The molecule has 1 aliphatic heterocycles. The molecule has 0 aliphatic carbocycles. The van der Waals surface area contributed by atoms with E-state index in [1.54, 1.807) is 6.07 Å². The van der Waals surface area contributed by atoms with Crippen LogP contribution in [0.1, 0.15) is 24.5 Å². The van der Waals surface area contributed by atoms with Gasteiger partial charge >= 0.3 is 12.1 Å². The van der Waals surface area contributed by atoms with Crippen molar-refractivity contribution in [2.45, 2.75) is 32.4 Å². The highest BCUT2D eigenvalue weighted by Gasteiger charge is 2.20. The second-order valence-corrected chi connectivity index (χ2v) is 7.67. The minimum absolute atomic E-state index is 0.0607. The molecular formula is C24H29N5O5. The summed E-state index contributed by atoms with van der Waals surface area (Å²) in [4.78, 5) is 27.7. The summed E-state index contributed by atoms with van der Waals surface area (Å²) in [6.45, 7) is 3.63. The lowest BCUT2D eigenvalue weighted by Gasteiger charge is -2.15. The maximum absolute atomic E-state index is 12.0. The number of carboxylic acid groups (broad SMARTS) is 1. The second kappa shape index (κ2) is 12.8. The number of benzene rings is 2. The van der Waals surface area contributed by atoms with E-state index in [-0.39, 0.29) is 19.6 Å². The number of amides is 1. The van der Waals surface area contributed by atoms with E-state index in [1.165, 1.54) is 0 Å². The van der Waals surface area contributed by atoms with Crippen LogP contribution in [0.15, 0.2) is 64.7 Å². The molecule has 1 heterocycles. The number of alkyl carbamates (subject to hydrolysis) is 1. The summed E-state index contributed by atoms with van der Waals surface area (Å²) in [5.74, 6) is 0.118. The van der Waals surface area contributed by atoms with Crippen LogP contribution in [0.3, 0.4) is 0 Å². The van der Waals surface area contributed by atoms with Crippen LogP contribution < -0.4 is 20.8 Å². The number of hydrogen-bond acceptors (Lipinski definition) is 8. The summed E-state index contributed by atoms with van der Waals surface area (Å²) in [6.07, 6.45) is -0.0933. The minimum atomic E-state index is -1.16. The van der Waals surface area contributed by atoms with Crippen LogP contribution in [-0.4, -0.2) is 54.6 Å². The Kier molecular flexibility index (Phi) is 9.27. The predicted octanol–water partition coefficient (Wildman–Crippen LogP) is 2.30. The highest BCUT2D eigenvalue weighted by molar-refractivity contribution is 5.87. The fourth-order valence-corrected chi connectivity index (χ4v) is 3.16. The van der Waals surface area contributed by atoms with E-state index < -0.39 is 18.1 Å². The second-order valence-electron chi connectivity index (χ2n) is 7.67. The quantitative estimate of drug-likeness (QED) is 0.294. The first-order valence-electron chi connectivity index (χ1n) is 11.0. The number of carbonyl (C=O) groups is 2. The topological polar surface area (TPSA) is 134 Å². The molecule has 1 atom stereocenters. The monoisotopic (exact) mass is 467 g/mol. The van der Waals surface area contributed by atoms with Crippen LogP contribution >= 0.6 is 0 Å². The summed E-state index contributed by atoms with van der Waals surface area (Å²) >= 11 is 0. The van der Waals surface area contributed by atoms with Gasteiger partial charge in [-0.2, -0.15) is 5.10 Å². The lowest BCUT2D eigenvalue weighted by molar-refractivity contribution is -0.139. The Morgan fingerprint density at radius 2 is 1.97 bits per heavy atom. The molecule has 10 heteroatoms. The summed E-state index contributed by atoms with van der Waals surface area (Å²) in [5, 5.41) is 19.2. The van der Waals surface area contributed by atoms with Gasteiger partial charge in [-0.05, 0) is 30.2 Å². The van der Waals surface area contributed by atoms with Crippen molar-refractivity contribution in [2.24, 2.45) is 10.1 Å². The van der Waals surface area contributed by atoms with Gasteiger partial charge in [-0.15, -0.1) is 0 Å². The molecular weight excluding hydrogens is 438 g/mol. The summed E-state index contributed by atoms with van der Waals surface area (Å²) < 4.78 is 10.8. The van der Waals surface area contributed by atoms with Crippen molar-refractivity contribution in [2.75, 3.05) is 19.7 Å². The third-order valence-corrected chi connectivity index (χ3v) is 4.86. The van der Waals surface area contributed by atoms with Gasteiger partial charge in [0.1, 0.15) is 18.4 Å². The molecule has 0 saturated carbocycles. The number of aliphatic imine (C=N–C) groups is 1. The van der Waals surface area contributed by atoms with Gasteiger partial charge in [0.05, 0.1) is 13.2 Å². The number of hydrazone groups is 1. The van der Waals surface area contributed by atoms with Gasteiger partial charge in [0.25, 0.3) is 0 Å². The van der Waals surface area contributed by atoms with Crippen LogP contribution in [0.2, 0.25) is 0 Å². The molecule has 0 aromatic heterocycles. The van der Waals surface area contributed by atoms with E-state index in [4.69, 9.17) is 9.47 Å². The molecule has 2 aromatic rings. The number of guanidine groups is 1. The van der Waals surface area contributed by atoms with E-state index in [0.29, 0.717) is 18.1 Å². The third kappa shape index (κ3) is 8.45. The van der Waals surface area contributed by atoms with E-state index >= 15 is 0 Å².